The number of fused-ring (bicyclic) bond motifs is 2. The minimum absolute atomic E-state index is 0.263. The van der Waals surface area contributed by atoms with Crippen molar-refractivity contribution in [2.24, 2.45) is 0 Å². The highest BCUT2D eigenvalue weighted by Crippen LogP contribution is 2.33. The van der Waals surface area contributed by atoms with Crippen LogP contribution in [0.25, 0.3) is 21.2 Å². The first-order chi connectivity index (χ1) is 12.6. The summed E-state index contributed by atoms with van der Waals surface area (Å²) in [6.45, 7) is 1.85. The second-order valence-electron chi connectivity index (χ2n) is 5.70. The van der Waals surface area contributed by atoms with Crippen LogP contribution in [0.4, 0.5) is 5.13 Å². The Morgan fingerprint density at radius 1 is 1.19 bits per heavy atom. The van der Waals surface area contributed by atoms with Gasteiger partial charge in [-0.05, 0) is 37.3 Å². The standard InChI is InChI=1S/C19H16N2O4S/c1-10-12-9-11(23-2)7-8-13(12)25-17(10)18(22)21-19-20-16-14(24-3)5-4-6-15(16)26-19/h4-9H,1-3H3,(H,20,21,22). The third-order valence-corrected chi connectivity index (χ3v) is 5.11. The number of nitrogens with zero attached hydrogens (tertiary/aromatic N) is 1. The van der Waals surface area contributed by atoms with Crippen LogP contribution in [-0.4, -0.2) is 25.1 Å². The highest BCUT2D eigenvalue weighted by atomic mass is 32.1. The van der Waals surface area contributed by atoms with Crippen LogP contribution in [0, 0.1) is 6.92 Å². The highest BCUT2D eigenvalue weighted by molar-refractivity contribution is 7.22. The van der Waals surface area contributed by atoms with Gasteiger partial charge in [-0.15, -0.1) is 0 Å². The van der Waals surface area contributed by atoms with E-state index in [9.17, 15) is 4.79 Å². The van der Waals surface area contributed by atoms with Crippen molar-refractivity contribution in [3.63, 3.8) is 0 Å². The molecule has 1 N–H and O–H groups in total. The molecule has 26 heavy (non-hydrogen) atoms. The number of aromatic nitrogens is 1. The number of nitrogens with one attached hydrogen (secondary N) is 1. The number of thiazole rings is 1. The molecule has 0 aliphatic rings. The molecule has 0 fully saturated rings. The average Bonchev–Trinajstić information content (AvgIpc) is 3.21. The number of ether oxygens (including phenoxy) is 2. The van der Waals surface area contributed by atoms with E-state index in [-0.39, 0.29) is 11.7 Å². The molecular formula is C19H16N2O4S. The second-order valence-corrected chi connectivity index (χ2v) is 6.73. The van der Waals surface area contributed by atoms with Crippen molar-refractivity contribution in [3.05, 3.63) is 47.7 Å². The SMILES string of the molecule is COc1ccc2oc(C(=O)Nc3nc4c(OC)cccc4s3)c(C)c2c1. The van der Waals surface area contributed by atoms with Gasteiger partial charge in [-0.2, -0.15) is 0 Å². The van der Waals surface area contributed by atoms with Gasteiger partial charge in [-0.3, -0.25) is 10.1 Å². The first-order valence-electron chi connectivity index (χ1n) is 7.92. The zero-order chi connectivity index (χ0) is 18.3. The molecule has 7 heteroatoms. The molecule has 0 atom stereocenters. The number of carbonyl (C=O) groups is 1. The smallest absolute Gasteiger partial charge is 0.293 e. The van der Waals surface area contributed by atoms with Gasteiger partial charge < -0.3 is 13.9 Å². The van der Waals surface area contributed by atoms with Crippen LogP contribution >= 0.6 is 11.3 Å². The van der Waals surface area contributed by atoms with Crippen LogP contribution in [-0.2, 0) is 0 Å². The third kappa shape index (κ3) is 2.66. The monoisotopic (exact) mass is 368 g/mol. The summed E-state index contributed by atoms with van der Waals surface area (Å²) in [5, 5.41) is 4.16. The van der Waals surface area contributed by atoms with Crippen LogP contribution < -0.4 is 14.8 Å². The second kappa shape index (κ2) is 6.34. The molecule has 0 spiro atoms. The van der Waals surface area contributed by atoms with Crippen LogP contribution in [0.5, 0.6) is 11.5 Å². The normalized spacial score (nSPS) is 11.0. The van der Waals surface area contributed by atoms with E-state index < -0.39 is 0 Å². The Kier molecular flexibility index (Phi) is 4.00. The minimum Gasteiger partial charge on any atom is -0.497 e. The van der Waals surface area contributed by atoms with Gasteiger partial charge >= 0.3 is 0 Å². The maximum absolute atomic E-state index is 12.7. The van der Waals surface area contributed by atoms with E-state index in [0.717, 1.165) is 21.2 Å². The summed E-state index contributed by atoms with van der Waals surface area (Å²) in [6, 6.07) is 11.1. The van der Waals surface area contributed by atoms with Gasteiger partial charge in [-0.25, -0.2) is 4.98 Å². The van der Waals surface area contributed by atoms with E-state index in [2.05, 4.69) is 10.3 Å². The summed E-state index contributed by atoms with van der Waals surface area (Å²) < 4.78 is 17.2. The predicted molar refractivity (Wildman–Crippen MR) is 102 cm³/mol. The Bertz CT molecular complexity index is 1130. The van der Waals surface area contributed by atoms with Crippen LogP contribution in [0.2, 0.25) is 0 Å². The number of methoxy groups -OCH3 is 2. The maximum atomic E-state index is 12.7. The molecule has 2 heterocycles. The van der Waals surface area contributed by atoms with Gasteiger partial charge in [0, 0.05) is 10.9 Å². The number of anilines is 1. The number of hydrogen-bond acceptors (Lipinski definition) is 6. The first-order valence-corrected chi connectivity index (χ1v) is 8.74. The molecule has 0 aliphatic carbocycles. The molecule has 2 aromatic carbocycles. The van der Waals surface area contributed by atoms with Crippen molar-refractivity contribution in [1.29, 1.82) is 0 Å². The van der Waals surface area contributed by atoms with Gasteiger partial charge in [0.15, 0.2) is 10.9 Å². The van der Waals surface area contributed by atoms with Crippen LogP contribution in [0.1, 0.15) is 16.1 Å². The van der Waals surface area contributed by atoms with Gasteiger partial charge in [0.05, 0.1) is 18.9 Å². The first kappa shape index (κ1) is 16.4. The number of rotatable bonds is 4. The lowest BCUT2D eigenvalue weighted by Crippen LogP contribution is -2.11. The predicted octanol–water partition coefficient (Wildman–Crippen LogP) is 4.62. The molecule has 0 bridgehead atoms. The Morgan fingerprint density at radius 2 is 2.04 bits per heavy atom. The number of furan rings is 1. The maximum Gasteiger partial charge on any atom is 0.293 e. The number of hydrogen-bond donors (Lipinski definition) is 1. The van der Waals surface area contributed by atoms with Crippen molar-refractivity contribution in [1.82, 2.24) is 4.98 Å². The molecule has 0 saturated heterocycles. The third-order valence-electron chi connectivity index (χ3n) is 4.17. The Balaban J connectivity index is 1.68. The van der Waals surface area contributed by atoms with E-state index >= 15 is 0 Å². The summed E-state index contributed by atoms with van der Waals surface area (Å²) in [5.74, 6) is 1.31. The van der Waals surface area contributed by atoms with E-state index in [0.29, 0.717) is 22.2 Å². The molecule has 4 aromatic rings. The van der Waals surface area contributed by atoms with E-state index in [4.69, 9.17) is 13.9 Å². The zero-order valence-corrected chi connectivity index (χ0v) is 15.3. The molecule has 0 aliphatic heterocycles. The lowest BCUT2D eigenvalue weighted by molar-refractivity contribution is 0.0998. The number of amides is 1. The fraction of sp³-hybridized carbons (Fsp3) is 0.158. The number of para-hydroxylation sites is 1. The van der Waals surface area contributed by atoms with Crippen molar-refractivity contribution in [2.75, 3.05) is 19.5 Å². The summed E-state index contributed by atoms with van der Waals surface area (Å²) >= 11 is 1.38. The molecule has 4 rings (SSSR count). The molecule has 0 unspecified atom stereocenters. The summed E-state index contributed by atoms with van der Waals surface area (Å²) in [6.07, 6.45) is 0. The van der Waals surface area contributed by atoms with E-state index in [1.807, 2.05) is 31.2 Å². The van der Waals surface area contributed by atoms with Gasteiger partial charge in [0.25, 0.3) is 5.91 Å². The Hall–Kier alpha value is -3.06. The topological polar surface area (TPSA) is 73.6 Å². The van der Waals surface area contributed by atoms with E-state index in [1.165, 1.54) is 11.3 Å². The summed E-state index contributed by atoms with van der Waals surface area (Å²) in [7, 11) is 3.20. The fourth-order valence-electron chi connectivity index (χ4n) is 2.84. The quantitative estimate of drug-likeness (QED) is 0.569. The zero-order valence-electron chi connectivity index (χ0n) is 14.5. The van der Waals surface area contributed by atoms with Crippen molar-refractivity contribution in [3.8, 4) is 11.5 Å². The molecule has 0 saturated carbocycles. The van der Waals surface area contributed by atoms with Crippen molar-refractivity contribution >= 4 is 43.6 Å². The Morgan fingerprint density at radius 3 is 2.81 bits per heavy atom. The van der Waals surface area contributed by atoms with Gasteiger partial charge in [0.2, 0.25) is 0 Å². The number of benzene rings is 2. The van der Waals surface area contributed by atoms with Crippen LogP contribution in [0.3, 0.4) is 0 Å². The van der Waals surface area contributed by atoms with Crippen molar-refractivity contribution in [2.45, 2.75) is 6.92 Å². The molecule has 6 nitrogen and oxygen atoms in total. The van der Waals surface area contributed by atoms with Gasteiger partial charge in [0.1, 0.15) is 22.6 Å². The molecule has 132 valence electrons. The minimum atomic E-state index is -0.337. The fourth-order valence-corrected chi connectivity index (χ4v) is 3.72. The van der Waals surface area contributed by atoms with Gasteiger partial charge in [-0.1, -0.05) is 17.4 Å². The number of aryl methyl sites for hydroxylation is 1. The van der Waals surface area contributed by atoms with Crippen LogP contribution in [0.15, 0.2) is 40.8 Å². The molecule has 2 aromatic heterocycles. The summed E-state index contributed by atoms with van der Waals surface area (Å²) in [4.78, 5) is 17.1. The largest absolute Gasteiger partial charge is 0.497 e. The molecule has 1 amide bonds. The lowest BCUT2D eigenvalue weighted by atomic mass is 10.1. The summed E-state index contributed by atoms with van der Waals surface area (Å²) in [5.41, 5.74) is 2.12. The molecular weight excluding hydrogens is 352 g/mol. The average molecular weight is 368 g/mol. The van der Waals surface area contributed by atoms with E-state index in [1.54, 1.807) is 26.4 Å². The molecule has 0 radical (unpaired) electrons. The number of carbonyl (C=O) groups excluding carboxylic acids is 1. The lowest BCUT2D eigenvalue weighted by Gasteiger charge is -1.99. The Labute approximate surface area is 153 Å². The highest BCUT2D eigenvalue weighted by Gasteiger charge is 2.20. The van der Waals surface area contributed by atoms with Crippen molar-refractivity contribution < 1.29 is 18.7 Å².